The molecule has 7 rings (SSSR count). The number of carbonyl (C=O) groups is 2. The third-order valence-corrected chi connectivity index (χ3v) is 7.91. The van der Waals surface area contributed by atoms with Gasteiger partial charge in [0.15, 0.2) is 6.10 Å². The largest absolute Gasteiger partial charge is 0.509 e. The quantitative estimate of drug-likeness (QED) is 0.189. The number of aromatic amines is 1. The molecular formula is C33H28N2O9. The van der Waals surface area contributed by atoms with Crippen molar-refractivity contribution in [3.63, 3.8) is 0 Å². The lowest BCUT2D eigenvalue weighted by Gasteiger charge is -2.45. The summed E-state index contributed by atoms with van der Waals surface area (Å²) in [6.45, 7) is 3.62. The minimum Gasteiger partial charge on any atom is -0.460 e. The number of H-pyrrole nitrogens is 1. The maximum atomic E-state index is 13.3. The van der Waals surface area contributed by atoms with Gasteiger partial charge in [-0.3, -0.25) is 4.79 Å². The average Bonchev–Trinajstić information content (AvgIpc) is 3.61. The third kappa shape index (κ3) is 4.76. The molecule has 0 spiro atoms. The molecule has 44 heavy (non-hydrogen) atoms. The molecule has 0 radical (unpaired) electrons. The monoisotopic (exact) mass is 596 g/mol. The van der Waals surface area contributed by atoms with E-state index in [-0.39, 0.29) is 11.3 Å². The normalized spacial score (nSPS) is 22.3. The number of hydrogen-bond donors (Lipinski definition) is 2. The number of methoxy groups -OCH3 is 1. The maximum absolute atomic E-state index is 13.3. The molecule has 2 aromatic heterocycles. The van der Waals surface area contributed by atoms with E-state index in [1.54, 1.807) is 24.3 Å². The van der Waals surface area contributed by atoms with Gasteiger partial charge in [-0.25, -0.2) is 9.59 Å². The van der Waals surface area contributed by atoms with Crippen LogP contribution in [0.4, 0.5) is 10.5 Å². The molecule has 2 fully saturated rings. The summed E-state index contributed by atoms with van der Waals surface area (Å²) in [5.74, 6) is -0.162. The van der Waals surface area contributed by atoms with Crippen LogP contribution in [0.2, 0.25) is 0 Å². The van der Waals surface area contributed by atoms with E-state index in [4.69, 9.17) is 28.1 Å². The smallest absolute Gasteiger partial charge is 0.460 e. The minimum atomic E-state index is -1.06. The number of ether oxygens (including phenoxy) is 5. The topological polar surface area (TPSA) is 138 Å². The molecule has 2 saturated heterocycles. The zero-order valence-electron chi connectivity index (χ0n) is 24.0. The molecule has 4 heterocycles. The van der Waals surface area contributed by atoms with Crippen molar-refractivity contribution < 1.29 is 37.7 Å². The highest BCUT2D eigenvalue weighted by Crippen LogP contribution is 2.42. The number of nitrogens with one attached hydrogen (secondary N) is 2. The second kappa shape index (κ2) is 10.5. The number of para-hydroxylation sites is 1. The van der Waals surface area contributed by atoms with E-state index < -0.39 is 47.9 Å². The summed E-state index contributed by atoms with van der Waals surface area (Å²) in [7, 11) is 1.51. The Morgan fingerprint density at radius 2 is 1.66 bits per heavy atom. The molecule has 11 nitrogen and oxygen atoms in total. The van der Waals surface area contributed by atoms with E-state index in [1.807, 2.05) is 68.4 Å². The molecule has 0 unspecified atom stereocenters. The van der Waals surface area contributed by atoms with Crippen LogP contribution in [0, 0.1) is 0 Å². The number of benzene rings is 3. The standard InChI is InChI=1S/C33H28N2O9/c1-33(2)28(39-3)26-27(43-32(38)42-26)31(44-33)40-23-14-13-19-16-22(30(37)41-25(19)24(23)17-9-5-4-6-10-17)35-29(36)21-15-18-11-7-8-12-20(18)34-21/h4-16,26-28,31,34H,1-3H3,(H,35,36)/t26-,27+,28+,31+/m0/s1. The molecule has 1 amide bonds. The molecule has 2 N–H and O–H groups in total. The Balaban J connectivity index is 1.27. The summed E-state index contributed by atoms with van der Waals surface area (Å²) < 4.78 is 34.9. The van der Waals surface area contributed by atoms with Crippen molar-refractivity contribution in [3.05, 3.63) is 95.0 Å². The van der Waals surface area contributed by atoms with Crippen molar-refractivity contribution in [1.29, 1.82) is 0 Å². The molecule has 0 bridgehead atoms. The van der Waals surface area contributed by atoms with Crippen LogP contribution < -0.4 is 15.7 Å². The fourth-order valence-electron chi connectivity index (χ4n) is 5.91. The van der Waals surface area contributed by atoms with Crippen molar-refractivity contribution >= 4 is 39.6 Å². The Kier molecular flexibility index (Phi) is 6.64. The van der Waals surface area contributed by atoms with E-state index >= 15 is 0 Å². The number of amides is 1. The minimum absolute atomic E-state index is 0.0188. The van der Waals surface area contributed by atoms with E-state index in [1.165, 1.54) is 7.11 Å². The molecule has 2 aliphatic heterocycles. The summed E-state index contributed by atoms with van der Waals surface area (Å²) in [5, 5.41) is 4.08. The van der Waals surface area contributed by atoms with Gasteiger partial charge in [0.1, 0.15) is 28.8 Å². The Morgan fingerprint density at radius 1 is 0.909 bits per heavy atom. The molecule has 2 aliphatic rings. The predicted octanol–water partition coefficient (Wildman–Crippen LogP) is 5.63. The van der Waals surface area contributed by atoms with E-state index in [9.17, 15) is 14.4 Å². The van der Waals surface area contributed by atoms with Gasteiger partial charge in [0, 0.05) is 23.4 Å². The molecule has 0 aliphatic carbocycles. The van der Waals surface area contributed by atoms with Crippen LogP contribution in [0.15, 0.2) is 88.1 Å². The summed E-state index contributed by atoms with van der Waals surface area (Å²) in [6.07, 6.45) is -4.17. The van der Waals surface area contributed by atoms with Gasteiger partial charge in [-0.15, -0.1) is 0 Å². The number of fused-ring (bicyclic) bond motifs is 3. The van der Waals surface area contributed by atoms with Crippen molar-refractivity contribution in [2.45, 2.75) is 44.1 Å². The lowest BCUT2D eigenvalue weighted by atomic mass is 9.89. The maximum Gasteiger partial charge on any atom is 0.509 e. The summed E-state index contributed by atoms with van der Waals surface area (Å²) in [6, 6.07) is 23.4. The lowest BCUT2D eigenvalue weighted by molar-refractivity contribution is -0.282. The van der Waals surface area contributed by atoms with Crippen LogP contribution in [0.1, 0.15) is 24.3 Å². The molecule has 0 saturated carbocycles. The van der Waals surface area contributed by atoms with Crippen molar-refractivity contribution in [2.24, 2.45) is 0 Å². The van der Waals surface area contributed by atoms with Gasteiger partial charge >= 0.3 is 11.8 Å². The second-order valence-electron chi connectivity index (χ2n) is 11.2. The van der Waals surface area contributed by atoms with Crippen LogP contribution in [0.3, 0.4) is 0 Å². The van der Waals surface area contributed by atoms with Crippen LogP contribution >= 0.6 is 0 Å². The number of rotatable bonds is 6. The van der Waals surface area contributed by atoms with Crippen molar-refractivity contribution in [1.82, 2.24) is 4.98 Å². The Morgan fingerprint density at radius 3 is 2.43 bits per heavy atom. The summed E-state index contributed by atoms with van der Waals surface area (Å²) in [5.41, 5.74) is 0.864. The Labute approximate surface area is 250 Å². The number of anilines is 1. The highest BCUT2D eigenvalue weighted by atomic mass is 16.8. The first-order valence-electron chi connectivity index (χ1n) is 14.0. The van der Waals surface area contributed by atoms with Crippen molar-refractivity contribution in [2.75, 3.05) is 12.4 Å². The zero-order chi connectivity index (χ0) is 30.6. The van der Waals surface area contributed by atoms with Gasteiger partial charge in [0.25, 0.3) is 5.91 Å². The molecule has 4 atom stereocenters. The highest BCUT2D eigenvalue weighted by Gasteiger charge is 2.59. The van der Waals surface area contributed by atoms with Gasteiger partial charge in [-0.1, -0.05) is 48.5 Å². The van der Waals surface area contributed by atoms with Crippen LogP contribution in [0.5, 0.6) is 5.75 Å². The van der Waals surface area contributed by atoms with Crippen LogP contribution in [-0.4, -0.2) is 54.4 Å². The fourth-order valence-corrected chi connectivity index (χ4v) is 5.91. The molecule has 224 valence electrons. The summed E-state index contributed by atoms with van der Waals surface area (Å²) >= 11 is 0. The van der Waals surface area contributed by atoms with Crippen molar-refractivity contribution in [3.8, 4) is 16.9 Å². The highest BCUT2D eigenvalue weighted by molar-refractivity contribution is 6.06. The van der Waals surface area contributed by atoms with Crippen LogP contribution in [0.25, 0.3) is 33.0 Å². The molecule has 3 aromatic carbocycles. The van der Waals surface area contributed by atoms with Gasteiger partial charge in [-0.2, -0.15) is 0 Å². The first-order chi connectivity index (χ1) is 21.2. The number of carbonyl (C=O) groups excluding carboxylic acids is 2. The van der Waals surface area contributed by atoms with Gasteiger partial charge in [0.05, 0.1) is 11.2 Å². The molecule has 11 heteroatoms. The van der Waals surface area contributed by atoms with E-state index in [2.05, 4.69) is 10.3 Å². The first-order valence-corrected chi connectivity index (χ1v) is 14.0. The molecule has 5 aromatic rings. The van der Waals surface area contributed by atoms with E-state index in [0.717, 1.165) is 10.9 Å². The Bertz CT molecular complexity index is 1930. The average molecular weight is 597 g/mol. The van der Waals surface area contributed by atoms with Crippen LogP contribution in [-0.2, 0) is 18.9 Å². The second-order valence-corrected chi connectivity index (χ2v) is 11.2. The fraction of sp³-hybridized carbons (Fsp3) is 0.242. The number of hydrogen-bond acceptors (Lipinski definition) is 9. The Hall–Kier alpha value is -5.13. The van der Waals surface area contributed by atoms with Gasteiger partial charge in [-0.05, 0) is 49.7 Å². The van der Waals surface area contributed by atoms with Gasteiger partial charge < -0.3 is 38.4 Å². The predicted molar refractivity (Wildman–Crippen MR) is 160 cm³/mol. The lowest BCUT2D eigenvalue weighted by Crippen LogP contribution is -2.62. The SMILES string of the molecule is CO[C@@H]1[C@H]2OC(=O)O[C@H]2[C@H](Oc2ccc3cc(NC(=O)c4cc5ccccc5[nH]4)c(=O)oc3c2-c2ccccc2)OC1(C)C. The third-order valence-electron chi connectivity index (χ3n) is 7.91. The van der Waals surface area contributed by atoms with Gasteiger partial charge in [0.2, 0.25) is 12.4 Å². The zero-order valence-corrected chi connectivity index (χ0v) is 24.0. The number of aromatic nitrogens is 1. The van der Waals surface area contributed by atoms with E-state index in [0.29, 0.717) is 28.0 Å². The first kappa shape index (κ1) is 27.7. The summed E-state index contributed by atoms with van der Waals surface area (Å²) in [4.78, 5) is 41.5. The molecular weight excluding hydrogens is 568 g/mol.